The number of rotatable bonds is 7. The second kappa shape index (κ2) is 9.72. The van der Waals surface area contributed by atoms with Crippen LogP contribution in [0.4, 0.5) is 0 Å². The van der Waals surface area contributed by atoms with Crippen LogP contribution in [-0.2, 0) is 20.8 Å². The molecule has 0 radical (unpaired) electrons. The van der Waals surface area contributed by atoms with Crippen molar-refractivity contribution in [3.63, 3.8) is 0 Å². The Morgan fingerprint density at radius 3 is 2.40 bits per heavy atom. The van der Waals surface area contributed by atoms with Crippen LogP contribution in [0.5, 0.6) is 5.75 Å². The highest BCUT2D eigenvalue weighted by molar-refractivity contribution is 6.09. The molecule has 1 heterocycles. The van der Waals surface area contributed by atoms with E-state index in [0.29, 0.717) is 29.6 Å². The van der Waals surface area contributed by atoms with Crippen molar-refractivity contribution in [2.45, 2.75) is 26.0 Å². The van der Waals surface area contributed by atoms with Crippen molar-refractivity contribution in [3.05, 3.63) is 100 Å². The molecule has 0 atom stereocenters. The molecule has 7 heteroatoms. The monoisotopic (exact) mass is 475 g/mol. The van der Waals surface area contributed by atoms with Gasteiger partial charge in [-0.1, -0.05) is 6.07 Å². The average molecular weight is 476 g/mol. The summed E-state index contributed by atoms with van der Waals surface area (Å²) in [5.74, 6) is 1.90. The van der Waals surface area contributed by atoms with Gasteiger partial charge in [-0.05, 0) is 89.8 Å². The lowest BCUT2D eigenvalue weighted by molar-refractivity contribution is -0.116. The zero-order valence-electron chi connectivity index (χ0n) is 20.5. The minimum absolute atomic E-state index is 0.227. The van der Waals surface area contributed by atoms with Crippen molar-refractivity contribution in [3.8, 4) is 5.75 Å². The summed E-state index contributed by atoms with van der Waals surface area (Å²) in [6.07, 6.45) is 8.73. The first-order valence-electron chi connectivity index (χ1n) is 11.2. The Bertz CT molecular complexity index is 1260. The van der Waals surface area contributed by atoms with Gasteiger partial charge in [0, 0.05) is 6.08 Å². The number of hydrogen-bond donors (Lipinski definition) is 2. The fourth-order valence-electron chi connectivity index (χ4n) is 4.31. The third-order valence-electron chi connectivity index (χ3n) is 6.21. The van der Waals surface area contributed by atoms with Crippen LogP contribution < -0.4 is 10.1 Å². The average Bonchev–Trinajstić information content (AvgIpc) is 3.45. The van der Waals surface area contributed by atoms with E-state index in [2.05, 4.69) is 5.32 Å². The molecule has 0 aliphatic heterocycles. The van der Waals surface area contributed by atoms with Gasteiger partial charge in [0.05, 0.1) is 34.1 Å². The zero-order chi connectivity index (χ0) is 25.2. The normalized spacial score (nSPS) is 20.3. The van der Waals surface area contributed by atoms with Gasteiger partial charge in [-0.3, -0.25) is 4.79 Å². The van der Waals surface area contributed by atoms with Gasteiger partial charge >= 0.3 is 0 Å². The number of hydrogen-bond acceptors (Lipinski definition) is 6. The molecular weight excluding hydrogens is 446 g/mol. The molecule has 0 bridgehead atoms. The number of ether oxygens (including phenoxy) is 3. The molecule has 0 unspecified atom stereocenters. The number of nitrogens with one attached hydrogen (secondary N) is 1. The Kier molecular flexibility index (Phi) is 6.71. The predicted octanol–water partition coefficient (Wildman–Crippen LogP) is 4.53. The number of fused-ring (bicyclic) bond motifs is 1. The number of allylic oxidation sites excluding steroid dienone is 7. The Morgan fingerprint density at radius 1 is 1.09 bits per heavy atom. The maximum absolute atomic E-state index is 12.8. The number of amides is 1. The first-order chi connectivity index (χ1) is 16.8. The number of carbonyl (C=O) groups is 1. The molecule has 2 aliphatic carbocycles. The summed E-state index contributed by atoms with van der Waals surface area (Å²) in [7, 11) is 4.64. The van der Waals surface area contributed by atoms with Crippen LogP contribution in [0.15, 0.2) is 88.0 Å². The summed E-state index contributed by atoms with van der Waals surface area (Å²) >= 11 is 0. The van der Waals surface area contributed by atoms with Crippen LogP contribution in [0.25, 0.3) is 11.1 Å². The molecule has 4 rings (SSSR count). The molecule has 1 aromatic carbocycles. The molecule has 0 saturated carbocycles. The Balaban J connectivity index is 1.76. The number of aliphatic hydroxyl groups is 1. The Labute approximate surface area is 204 Å². The van der Waals surface area contributed by atoms with Crippen molar-refractivity contribution in [2.24, 2.45) is 0 Å². The van der Waals surface area contributed by atoms with Gasteiger partial charge in [-0.25, -0.2) is 0 Å². The van der Waals surface area contributed by atoms with E-state index in [4.69, 9.17) is 18.6 Å². The van der Waals surface area contributed by atoms with E-state index < -0.39 is 5.60 Å². The quantitative estimate of drug-likeness (QED) is 0.572. The van der Waals surface area contributed by atoms with Crippen LogP contribution >= 0.6 is 0 Å². The highest BCUT2D eigenvalue weighted by Gasteiger charge is 2.36. The van der Waals surface area contributed by atoms with E-state index in [0.717, 1.165) is 33.4 Å². The summed E-state index contributed by atoms with van der Waals surface area (Å²) in [6, 6.07) is 9.39. The van der Waals surface area contributed by atoms with Crippen LogP contribution in [0.3, 0.4) is 0 Å². The SMILES string of the molecule is COC1=CC(=CC2=C(C)C(=CC(=O)NCc3ccco3)c3cc(OC)ccc32)C=C(OC)C1(C)O. The van der Waals surface area contributed by atoms with E-state index in [-0.39, 0.29) is 5.91 Å². The number of carbonyl (C=O) groups excluding carboxylic acids is 1. The molecule has 182 valence electrons. The molecule has 2 aromatic rings. The predicted molar refractivity (Wildman–Crippen MR) is 133 cm³/mol. The second-order valence-electron chi connectivity index (χ2n) is 8.45. The van der Waals surface area contributed by atoms with Gasteiger partial charge in [0.1, 0.15) is 23.0 Å². The summed E-state index contributed by atoms with van der Waals surface area (Å²) in [6.45, 7) is 3.90. The van der Waals surface area contributed by atoms with E-state index in [9.17, 15) is 9.90 Å². The Hall–Kier alpha value is -3.97. The zero-order valence-corrected chi connectivity index (χ0v) is 20.5. The summed E-state index contributed by atoms with van der Waals surface area (Å²) in [5, 5.41) is 13.7. The first-order valence-corrected chi connectivity index (χ1v) is 11.2. The van der Waals surface area contributed by atoms with Crippen molar-refractivity contribution in [1.29, 1.82) is 0 Å². The molecule has 0 saturated heterocycles. The van der Waals surface area contributed by atoms with E-state index in [1.165, 1.54) is 14.2 Å². The minimum atomic E-state index is -1.36. The van der Waals surface area contributed by atoms with Gasteiger partial charge in [0.2, 0.25) is 5.91 Å². The highest BCUT2D eigenvalue weighted by Crippen LogP contribution is 2.44. The van der Waals surface area contributed by atoms with Crippen molar-refractivity contribution in [1.82, 2.24) is 5.32 Å². The van der Waals surface area contributed by atoms with Crippen LogP contribution in [0.1, 0.15) is 30.7 Å². The van der Waals surface area contributed by atoms with E-state index in [1.807, 2.05) is 37.3 Å². The molecule has 0 spiro atoms. The number of furan rings is 1. The minimum Gasteiger partial charge on any atom is -0.498 e. The molecule has 35 heavy (non-hydrogen) atoms. The summed E-state index contributed by atoms with van der Waals surface area (Å²) in [5.41, 5.74) is 3.99. The van der Waals surface area contributed by atoms with Crippen LogP contribution in [0, 0.1) is 0 Å². The topological polar surface area (TPSA) is 90.2 Å². The van der Waals surface area contributed by atoms with Gasteiger partial charge < -0.3 is 29.1 Å². The number of methoxy groups -OCH3 is 3. The van der Waals surface area contributed by atoms with Crippen molar-refractivity contribution in [2.75, 3.05) is 21.3 Å². The molecule has 1 amide bonds. The highest BCUT2D eigenvalue weighted by atomic mass is 16.5. The van der Waals surface area contributed by atoms with Crippen molar-refractivity contribution >= 4 is 17.1 Å². The lowest BCUT2D eigenvalue weighted by Gasteiger charge is -2.30. The third kappa shape index (κ3) is 4.68. The maximum atomic E-state index is 12.8. The lowest BCUT2D eigenvalue weighted by atomic mass is 9.91. The molecule has 7 nitrogen and oxygen atoms in total. The van der Waals surface area contributed by atoms with E-state index in [1.54, 1.807) is 44.6 Å². The summed E-state index contributed by atoms with van der Waals surface area (Å²) in [4.78, 5) is 12.8. The molecule has 0 fully saturated rings. The fraction of sp³-hybridized carbons (Fsp3) is 0.250. The fourth-order valence-corrected chi connectivity index (χ4v) is 4.31. The standard InChI is InChI=1S/C28H29NO6/c1-17-22(11-18-12-25(33-4)28(2,31)26(13-18)34-5)21-9-8-19(32-3)14-24(21)23(17)15-27(30)29-16-20-7-6-10-35-20/h6-15,31H,16H2,1-5H3,(H,29,30). The van der Waals surface area contributed by atoms with Crippen LogP contribution in [-0.4, -0.2) is 37.9 Å². The van der Waals surface area contributed by atoms with E-state index >= 15 is 0 Å². The smallest absolute Gasteiger partial charge is 0.244 e. The molecule has 1 aromatic heterocycles. The maximum Gasteiger partial charge on any atom is 0.244 e. The third-order valence-corrected chi connectivity index (χ3v) is 6.21. The van der Waals surface area contributed by atoms with Gasteiger partial charge in [0.15, 0.2) is 5.60 Å². The molecule has 2 N–H and O–H groups in total. The van der Waals surface area contributed by atoms with Crippen LogP contribution in [0.2, 0.25) is 0 Å². The number of benzene rings is 1. The largest absolute Gasteiger partial charge is 0.498 e. The molecular formula is C28H29NO6. The van der Waals surface area contributed by atoms with Gasteiger partial charge in [0.25, 0.3) is 0 Å². The lowest BCUT2D eigenvalue weighted by Crippen LogP contribution is -2.33. The summed E-state index contributed by atoms with van der Waals surface area (Å²) < 4.78 is 21.6. The van der Waals surface area contributed by atoms with Gasteiger partial charge in [-0.2, -0.15) is 0 Å². The Morgan fingerprint density at radius 2 is 1.80 bits per heavy atom. The first kappa shape index (κ1) is 24.2. The second-order valence-corrected chi connectivity index (χ2v) is 8.45. The van der Waals surface area contributed by atoms with Gasteiger partial charge in [-0.15, -0.1) is 0 Å². The van der Waals surface area contributed by atoms with Crippen molar-refractivity contribution < 1.29 is 28.5 Å². The molecule has 2 aliphatic rings.